The number of nitrogens with one attached hydrogen (secondary N) is 1. The highest BCUT2D eigenvalue weighted by molar-refractivity contribution is 9.11. The van der Waals surface area contributed by atoms with Crippen LogP contribution >= 0.6 is 43.5 Å². The normalized spacial score (nSPS) is 13.8. The van der Waals surface area contributed by atoms with Crippen LogP contribution in [0.15, 0.2) is 44.4 Å². The molecule has 0 aromatic heterocycles. The maximum Gasteiger partial charge on any atom is 0.251 e. The highest BCUT2D eigenvalue weighted by Gasteiger charge is 2.19. The highest BCUT2D eigenvalue weighted by Crippen LogP contribution is 2.38. The van der Waals surface area contributed by atoms with Gasteiger partial charge < -0.3 is 10.1 Å². The van der Waals surface area contributed by atoms with Crippen LogP contribution in [0.25, 0.3) is 0 Å². The molecule has 1 aliphatic carbocycles. The Labute approximate surface area is 185 Å². The summed E-state index contributed by atoms with van der Waals surface area (Å²) < 4.78 is 21.2. The number of halogens is 4. The maximum atomic E-state index is 14.2. The van der Waals surface area contributed by atoms with Gasteiger partial charge in [-0.2, -0.15) is 0 Å². The monoisotopic (exact) mass is 529 g/mol. The Kier molecular flexibility index (Phi) is 6.84. The van der Waals surface area contributed by atoms with E-state index in [1.165, 1.54) is 6.07 Å². The van der Waals surface area contributed by atoms with Gasteiger partial charge in [-0.15, -0.1) is 0 Å². The molecule has 0 saturated heterocycles. The SMILES string of the molecule is CC1=C(C(=O)Nc2cc(Br)c(OCc3c(F)cc(C)cc3Cl)c(Br)c2)CCC1. The third-order valence-electron chi connectivity index (χ3n) is 4.67. The van der Waals surface area contributed by atoms with Gasteiger partial charge in [0.25, 0.3) is 5.91 Å². The molecule has 0 radical (unpaired) electrons. The molecule has 1 aliphatic rings. The largest absolute Gasteiger partial charge is 0.486 e. The third kappa shape index (κ3) is 4.78. The topological polar surface area (TPSA) is 38.3 Å². The van der Waals surface area contributed by atoms with E-state index in [0.717, 1.165) is 36.0 Å². The first-order valence-corrected chi connectivity index (χ1v) is 10.8. The molecule has 0 spiro atoms. The maximum absolute atomic E-state index is 14.2. The van der Waals surface area contributed by atoms with E-state index in [1.54, 1.807) is 25.1 Å². The van der Waals surface area contributed by atoms with Crippen molar-refractivity contribution in [3.8, 4) is 5.75 Å². The molecule has 148 valence electrons. The number of hydrogen-bond donors (Lipinski definition) is 1. The molecule has 1 N–H and O–H groups in total. The summed E-state index contributed by atoms with van der Waals surface area (Å²) in [6.07, 6.45) is 2.80. The molecule has 3 nitrogen and oxygen atoms in total. The molecule has 0 unspecified atom stereocenters. The average Bonchev–Trinajstić information content (AvgIpc) is 3.02. The Morgan fingerprint density at radius 1 is 1.18 bits per heavy atom. The molecule has 0 bridgehead atoms. The van der Waals surface area contributed by atoms with Crippen LogP contribution in [0.5, 0.6) is 5.75 Å². The van der Waals surface area contributed by atoms with Gasteiger partial charge in [-0.05, 0) is 94.8 Å². The number of carbonyl (C=O) groups excluding carboxylic acids is 1. The predicted octanol–water partition coefficient (Wildman–Crippen LogP) is 7.33. The van der Waals surface area contributed by atoms with Crippen molar-refractivity contribution >= 4 is 55.1 Å². The molecule has 2 aromatic carbocycles. The van der Waals surface area contributed by atoms with Crippen LogP contribution in [0.3, 0.4) is 0 Å². The fraction of sp³-hybridized carbons (Fsp3) is 0.286. The van der Waals surface area contributed by atoms with Crippen molar-refractivity contribution in [1.82, 2.24) is 0 Å². The molecule has 0 fully saturated rings. The average molecular weight is 532 g/mol. The highest BCUT2D eigenvalue weighted by atomic mass is 79.9. The van der Waals surface area contributed by atoms with Crippen LogP contribution in [0.2, 0.25) is 5.02 Å². The number of amides is 1. The van der Waals surface area contributed by atoms with E-state index in [0.29, 0.717) is 31.0 Å². The van der Waals surface area contributed by atoms with Crippen molar-refractivity contribution in [2.75, 3.05) is 5.32 Å². The Morgan fingerprint density at radius 2 is 1.86 bits per heavy atom. The summed E-state index contributed by atoms with van der Waals surface area (Å²) in [6.45, 7) is 3.77. The van der Waals surface area contributed by atoms with Crippen molar-refractivity contribution in [1.29, 1.82) is 0 Å². The lowest BCUT2D eigenvalue weighted by atomic mass is 10.1. The van der Waals surface area contributed by atoms with Crippen LogP contribution in [0, 0.1) is 12.7 Å². The van der Waals surface area contributed by atoms with Crippen molar-refractivity contribution in [3.63, 3.8) is 0 Å². The standard InChI is InChI=1S/C21H19Br2ClFNO2/c1-11-6-18(24)15(19(25)7-11)10-28-20-16(22)8-13(9-17(20)23)26-21(27)14-5-3-4-12(14)2/h6-9H,3-5,10H2,1-2H3,(H,26,27). The van der Waals surface area contributed by atoms with Crippen molar-refractivity contribution in [3.05, 3.63) is 66.3 Å². The van der Waals surface area contributed by atoms with E-state index in [-0.39, 0.29) is 12.5 Å². The molecular weight excluding hydrogens is 512 g/mol. The van der Waals surface area contributed by atoms with Crippen LogP contribution < -0.4 is 10.1 Å². The minimum absolute atomic E-state index is 0.0140. The smallest absolute Gasteiger partial charge is 0.251 e. The summed E-state index contributed by atoms with van der Waals surface area (Å²) in [5.74, 6) is 0.0302. The minimum Gasteiger partial charge on any atom is -0.486 e. The molecule has 0 heterocycles. The zero-order valence-corrected chi connectivity index (χ0v) is 19.4. The van der Waals surface area contributed by atoms with E-state index in [9.17, 15) is 9.18 Å². The fourth-order valence-corrected chi connectivity index (χ4v) is 4.92. The lowest BCUT2D eigenvalue weighted by molar-refractivity contribution is -0.113. The molecule has 7 heteroatoms. The van der Waals surface area contributed by atoms with Crippen molar-refractivity contribution in [2.24, 2.45) is 0 Å². The Balaban J connectivity index is 1.76. The molecule has 1 amide bonds. The van der Waals surface area contributed by atoms with Crippen LogP contribution in [-0.4, -0.2) is 5.91 Å². The molecule has 2 aromatic rings. The van der Waals surface area contributed by atoms with Gasteiger partial charge in [0.1, 0.15) is 18.2 Å². The zero-order valence-electron chi connectivity index (χ0n) is 15.5. The molecule has 3 rings (SSSR count). The number of ether oxygens (including phenoxy) is 1. The molecule has 0 atom stereocenters. The fourth-order valence-electron chi connectivity index (χ4n) is 3.19. The Hall–Kier alpha value is -1.37. The van der Waals surface area contributed by atoms with Gasteiger partial charge in [0.2, 0.25) is 0 Å². The number of hydrogen-bond acceptors (Lipinski definition) is 2. The minimum atomic E-state index is -0.402. The number of carbonyl (C=O) groups is 1. The molecule has 28 heavy (non-hydrogen) atoms. The zero-order chi connectivity index (χ0) is 20.4. The van der Waals surface area contributed by atoms with Gasteiger partial charge in [-0.25, -0.2) is 4.39 Å². The number of rotatable bonds is 5. The molecule has 0 saturated carbocycles. The number of benzene rings is 2. The van der Waals surface area contributed by atoms with Crippen molar-refractivity contribution in [2.45, 2.75) is 39.7 Å². The quantitative estimate of drug-likeness (QED) is 0.439. The first kappa shape index (κ1) is 21.3. The molecular formula is C21H19Br2ClFNO2. The lowest BCUT2D eigenvalue weighted by Crippen LogP contribution is -2.14. The summed E-state index contributed by atoms with van der Waals surface area (Å²) in [4.78, 5) is 12.5. The summed E-state index contributed by atoms with van der Waals surface area (Å²) in [5.41, 5.74) is 3.70. The van der Waals surface area contributed by atoms with Crippen molar-refractivity contribution < 1.29 is 13.9 Å². The van der Waals surface area contributed by atoms with Gasteiger partial charge in [0.05, 0.1) is 14.0 Å². The van der Waals surface area contributed by atoms with Crippen LogP contribution in [-0.2, 0) is 11.4 Å². The van der Waals surface area contributed by atoms with Gasteiger partial charge in [-0.3, -0.25) is 4.79 Å². The molecule has 0 aliphatic heterocycles. The second-order valence-electron chi connectivity index (χ2n) is 6.83. The Bertz CT molecular complexity index is 929. The van der Waals surface area contributed by atoms with Gasteiger partial charge in [0, 0.05) is 16.8 Å². The number of aryl methyl sites for hydroxylation is 1. The first-order chi connectivity index (χ1) is 13.3. The second kappa shape index (κ2) is 8.97. The number of allylic oxidation sites excluding steroid dienone is 1. The predicted molar refractivity (Wildman–Crippen MR) is 118 cm³/mol. The Morgan fingerprint density at radius 3 is 2.43 bits per heavy atom. The summed E-state index contributed by atoms with van der Waals surface area (Å²) in [6, 6.07) is 6.64. The van der Waals surface area contributed by atoms with E-state index in [4.69, 9.17) is 16.3 Å². The van der Waals surface area contributed by atoms with E-state index < -0.39 is 5.82 Å². The van der Waals surface area contributed by atoms with E-state index in [1.807, 2.05) is 6.92 Å². The van der Waals surface area contributed by atoms with Gasteiger partial charge in [-0.1, -0.05) is 17.2 Å². The number of anilines is 1. The van der Waals surface area contributed by atoms with Gasteiger partial charge in [0.15, 0.2) is 0 Å². The van der Waals surface area contributed by atoms with Crippen LogP contribution in [0.4, 0.5) is 10.1 Å². The van der Waals surface area contributed by atoms with E-state index >= 15 is 0 Å². The lowest BCUT2D eigenvalue weighted by Gasteiger charge is -2.15. The second-order valence-corrected chi connectivity index (χ2v) is 8.95. The summed E-state index contributed by atoms with van der Waals surface area (Å²) in [7, 11) is 0. The van der Waals surface area contributed by atoms with Crippen LogP contribution in [0.1, 0.15) is 37.3 Å². The third-order valence-corrected chi connectivity index (χ3v) is 6.19. The summed E-state index contributed by atoms with van der Waals surface area (Å²) in [5, 5.41) is 3.26. The summed E-state index contributed by atoms with van der Waals surface area (Å²) >= 11 is 13.1. The van der Waals surface area contributed by atoms with Gasteiger partial charge >= 0.3 is 0 Å². The van der Waals surface area contributed by atoms with E-state index in [2.05, 4.69) is 37.2 Å². The first-order valence-electron chi connectivity index (χ1n) is 8.82.